The molecule has 0 aliphatic carbocycles. The maximum Gasteiger partial charge on any atom is 0.255 e. The Morgan fingerprint density at radius 1 is 0.976 bits per heavy atom. The van der Waals surface area contributed by atoms with Crippen molar-refractivity contribution in [2.75, 3.05) is 63.4 Å². The van der Waals surface area contributed by atoms with Crippen molar-refractivity contribution in [2.24, 2.45) is 0 Å². The first-order valence-corrected chi connectivity index (χ1v) is 13.1. The number of nitrogens with two attached hydrogens (primary N) is 1. The number of carbonyl (C=O) groups is 1. The number of nitrogens with zero attached hydrogens (tertiary/aromatic N) is 4. The number of rotatable bonds is 5. The summed E-state index contributed by atoms with van der Waals surface area (Å²) in [5.41, 5.74) is 9.75. The van der Waals surface area contributed by atoms with Crippen LogP contribution in [0.15, 0.2) is 48.5 Å². The lowest BCUT2D eigenvalue weighted by molar-refractivity contribution is 0.102. The number of likely N-dealkylation sites (N-methyl/N-ethyl adjacent to an activating group) is 1. The lowest BCUT2D eigenvalue weighted by atomic mass is 10.0. The minimum atomic E-state index is -0.367. The minimum absolute atomic E-state index is 0.0738. The molecule has 0 spiro atoms. The highest BCUT2D eigenvalue weighted by Crippen LogP contribution is 2.32. The Labute approximate surface area is 238 Å². The quantitative estimate of drug-likeness (QED) is 0.356. The fourth-order valence-corrected chi connectivity index (χ4v) is 4.69. The van der Waals surface area contributed by atoms with Crippen LogP contribution in [0.25, 0.3) is 10.9 Å². The van der Waals surface area contributed by atoms with E-state index in [1.165, 1.54) is 6.07 Å². The van der Waals surface area contributed by atoms with E-state index in [4.69, 9.17) is 15.2 Å². The summed E-state index contributed by atoms with van der Waals surface area (Å²) in [6, 6.07) is 13.5. The number of anilines is 3. The smallest absolute Gasteiger partial charge is 0.255 e. The number of aromatic nitrogens is 2. The van der Waals surface area contributed by atoms with Gasteiger partial charge in [0, 0.05) is 54.4 Å². The third kappa shape index (κ3) is 6.00. The molecule has 4 aromatic rings. The van der Waals surface area contributed by atoms with Crippen LogP contribution in [0.3, 0.4) is 0 Å². The molecule has 1 amide bonds. The third-order valence-corrected chi connectivity index (χ3v) is 7.08. The summed E-state index contributed by atoms with van der Waals surface area (Å²) in [5.74, 6) is 6.55. The van der Waals surface area contributed by atoms with Crippen LogP contribution in [0.4, 0.5) is 21.7 Å². The number of aryl methyl sites for hydroxylation is 1. The van der Waals surface area contributed by atoms with Crippen molar-refractivity contribution in [3.8, 4) is 23.3 Å². The molecule has 3 aromatic carbocycles. The number of nitrogens with one attached hydrogen (secondary N) is 1. The van der Waals surface area contributed by atoms with E-state index >= 15 is 0 Å². The first-order valence-electron chi connectivity index (χ1n) is 13.1. The van der Waals surface area contributed by atoms with Gasteiger partial charge in [0.25, 0.3) is 5.91 Å². The molecule has 3 N–H and O–H groups in total. The van der Waals surface area contributed by atoms with Crippen LogP contribution in [0.5, 0.6) is 11.5 Å². The Kier molecular flexibility index (Phi) is 7.90. The van der Waals surface area contributed by atoms with Gasteiger partial charge in [-0.1, -0.05) is 12.0 Å². The SMILES string of the molecule is COc1cc2nc(N)nc(C#Cc3cc(C(=O)Nc4ccc(N5CCN(C)CC5)c(F)c4)ccc3C)c2cc1OC. The fraction of sp³-hybridized carbons (Fsp3) is 0.258. The minimum Gasteiger partial charge on any atom is -0.493 e. The van der Waals surface area contributed by atoms with Crippen LogP contribution in [0.2, 0.25) is 0 Å². The molecule has 0 bridgehead atoms. The number of benzene rings is 3. The molecule has 0 radical (unpaired) electrons. The molecule has 10 heteroatoms. The molecule has 1 aromatic heterocycles. The molecule has 0 unspecified atom stereocenters. The van der Waals surface area contributed by atoms with Crippen LogP contribution < -0.4 is 25.4 Å². The van der Waals surface area contributed by atoms with Gasteiger partial charge in [-0.2, -0.15) is 0 Å². The average Bonchev–Trinajstić information content (AvgIpc) is 2.96. The Morgan fingerprint density at radius 3 is 2.41 bits per heavy atom. The molecular weight excluding hydrogens is 523 g/mol. The van der Waals surface area contributed by atoms with Crippen LogP contribution in [0.1, 0.15) is 27.2 Å². The van der Waals surface area contributed by atoms with E-state index in [-0.39, 0.29) is 17.7 Å². The van der Waals surface area contributed by atoms with Crippen molar-refractivity contribution in [1.82, 2.24) is 14.9 Å². The largest absolute Gasteiger partial charge is 0.493 e. The molecule has 41 heavy (non-hydrogen) atoms. The molecule has 210 valence electrons. The second-order valence-electron chi connectivity index (χ2n) is 9.85. The summed E-state index contributed by atoms with van der Waals surface area (Å²) >= 11 is 0. The fourth-order valence-electron chi connectivity index (χ4n) is 4.69. The maximum absolute atomic E-state index is 14.9. The molecule has 5 rings (SSSR count). The van der Waals surface area contributed by atoms with E-state index in [0.29, 0.717) is 50.6 Å². The van der Waals surface area contributed by atoms with Gasteiger partial charge in [-0.3, -0.25) is 4.79 Å². The van der Waals surface area contributed by atoms with Gasteiger partial charge < -0.3 is 30.3 Å². The number of ether oxygens (including phenoxy) is 2. The summed E-state index contributed by atoms with van der Waals surface area (Å²) in [4.78, 5) is 25.9. The number of hydrogen-bond donors (Lipinski definition) is 2. The van der Waals surface area contributed by atoms with E-state index < -0.39 is 0 Å². The third-order valence-electron chi connectivity index (χ3n) is 7.08. The summed E-state index contributed by atoms with van der Waals surface area (Å²) in [5, 5.41) is 3.45. The van der Waals surface area contributed by atoms with Crippen molar-refractivity contribution in [2.45, 2.75) is 6.92 Å². The van der Waals surface area contributed by atoms with Crippen LogP contribution in [0, 0.1) is 24.6 Å². The van der Waals surface area contributed by atoms with Crippen LogP contribution in [-0.4, -0.2) is 68.2 Å². The van der Waals surface area contributed by atoms with Crippen molar-refractivity contribution >= 4 is 34.1 Å². The van der Waals surface area contributed by atoms with Gasteiger partial charge in [0.05, 0.1) is 25.4 Å². The predicted octanol–water partition coefficient (Wildman–Crippen LogP) is 4.08. The number of carbonyl (C=O) groups excluding carboxylic acids is 1. The highest BCUT2D eigenvalue weighted by atomic mass is 19.1. The standard InChI is InChI=1S/C31H31FN6O3/c1-19-5-6-21(30(39)34-22-8-10-27(24(32)16-22)38-13-11-37(2)12-14-38)15-20(19)7-9-25-23-17-28(40-3)29(41-4)18-26(23)36-31(33)35-25/h5-6,8,10,15-18H,11-14H2,1-4H3,(H,34,39)(H2,33,35,36). The Balaban J connectivity index is 1.39. The van der Waals surface area contributed by atoms with E-state index in [2.05, 4.69) is 39.1 Å². The monoisotopic (exact) mass is 554 g/mol. The Hall–Kier alpha value is -4.88. The van der Waals surface area contributed by atoms with E-state index in [9.17, 15) is 9.18 Å². The van der Waals surface area contributed by atoms with Gasteiger partial charge in [-0.15, -0.1) is 0 Å². The van der Waals surface area contributed by atoms with E-state index in [0.717, 1.165) is 31.7 Å². The zero-order valence-electron chi connectivity index (χ0n) is 23.4. The molecular formula is C31H31FN6O3. The highest BCUT2D eigenvalue weighted by Gasteiger charge is 2.18. The molecule has 1 aliphatic rings. The number of hydrogen-bond acceptors (Lipinski definition) is 8. The summed E-state index contributed by atoms with van der Waals surface area (Å²) in [6.45, 7) is 5.16. The first-order chi connectivity index (χ1) is 19.7. The second kappa shape index (κ2) is 11.7. The van der Waals surface area contributed by atoms with Gasteiger partial charge in [0.15, 0.2) is 11.5 Å². The van der Waals surface area contributed by atoms with Crippen molar-refractivity contribution < 1.29 is 18.7 Å². The Morgan fingerprint density at radius 2 is 1.71 bits per heavy atom. The molecule has 1 fully saturated rings. The lowest BCUT2D eigenvalue weighted by Gasteiger charge is -2.34. The molecule has 2 heterocycles. The molecule has 9 nitrogen and oxygen atoms in total. The van der Waals surface area contributed by atoms with Gasteiger partial charge >= 0.3 is 0 Å². The Bertz CT molecular complexity index is 1690. The number of methoxy groups -OCH3 is 2. The topological polar surface area (TPSA) is 106 Å². The number of nitrogen functional groups attached to an aromatic ring is 1. The normalized spacial score (nSPS) is 13.4. The van der Waals surface area contributed by atoms with Crippen molar-refractivity contribution in [3.63, 3.8) is 0 Å². The lowest BCUT2D eigenvalue weighted by Crippen LogP contribution is -2.44. The average molecular weight is 555 g/mol. The zero-order chi connectivity index (χ0) is 29.1. The van der Waals surface area contributed by atoms with Gasteiger partial charge in [-0.25, -0.2) is 14.4 Å². The highest BCUT2D eigenvalue weighted by molar-refractivity contribution is 6.04. The van der Waals surface area contributed by atoms with Crippen LogP contribution >= 0.6 is 0 Å². The van der Waals surface area contributed by atoms with Crippen LogP contribution in [-0.2, 0) is 0 Å². The van der Waals surface area contributed by atoms with Gasteiger partial charge in [0.2, 0.25) is 5.95 Å². The van der Waals surface area contributed by atoms with E-state index in [1.54, 1.807) is 50.6 Å². The summed E-state index contributed by atoms with van der Waals surface area (Å²) < 4.78 is 25.7. The van der Waals surface area contributed by atoms with Crippen molar-refractivity contribution in [3.05, 3.63) is 76.7 Å². The molecule has 0 saturated carbocycles. The molecule has 0 atom stereocenters. The van der Waals surface area contributed by atoms with Gasteiger partial charge in [-0.05, 0) is 61.9 Å². The van der Waals surface area contributed by atoms with Crippen molar-refractivity contribution in [1.29, 1.82) is 0 Å². The van der Waals surface area contributed by atoms with E-state index in [1.807, 2.05) is 17.9 Å². The summed E-state index contributed by atoms with van der Waals surface area (Å²) in [6.07, 6.45) is 0. The first kappa shape index (κ1) is 27.7. The van der Waals surface area contributed by atoms with Gasteiger partial charge in [0.1, 0.15) is 11.5 Å². The number of piperazine rings is 1. The number of halogens is 1. The zero-order valence-corrected chi connectivity index (χ0v) is 23.4. The molecule has 1 aliphatic heterocycles. The summed E-state index contributed by atoms with van der Waals surface area (Å²) in [7, 11) is 5.14. The second-order valence-corrected chi connectivity index (χ2v) is 9.85. The number of fused-ring (bicyclic) bond motifs is 1. The molecule has 1 saturated heterocycles. The predicted molar refractivity (Wildman–Crippen MR) is 158 cm³/mol. The maximum atomic E-state index is 14.9. The number of amides is 1.